The monoisotopic (exact) mass is 765 g/mol. The van der Waals surface area contributed by atoms with Crippen LogP contribution in [0.3, 0.4) is 0 Å². The average molecular weight is 766 g/mol. The second kappa shape index (κ2) is 13.8. The molecule has 3 heterocycles. The Balaban J connectivity index is 1.06. The Hall–Kier alpha value is -8.15. The topological polar surface area (TPSA) is 48.5 Å². The van der Waals surface area contributed by atoms with Crippen molar-refractivity contribution in [3.63, 3.8) is 0 Å². The Kier molecular flexibility index (Phi) is 7.78. The lowest BCUT2D eigenvalue weighted by atomic mass is 10.0. The first-order chi connectivity index (χ1) is 29.7. The molecule has 0 N–H and O–H groups in total. The van der Waals surface area contributed by atoms with Crippen molar-refractivity contribution in [3.05, 3.63) is 212 Å². The van der Waals surface area contributed by atoms with Crippen molar-refractivity contribution < 1.29 is 0 Å². The highest BCUT2D eigenvalue weighted by Gasteiger charge is 2.19. The minimum absolute atomic E-state index is 0.624. The molecule has 3 aromatic heterocycles. The van der Waals surface area contributed by atoms with E-state index >= 15 is 0 Å². The molecule has 0 unspecified atom stereocenters. The van der Waals surface area contributed by atoms with Crippen LogP contribution in [0.1, 0.15) is 0 Å². The van der Waals surface area contributed by atoms with E-state index in [0.29, 0.717) is 17.5 Å². The number of para-hydroxylation sites is 2. The van der Waals surface area contributed by atoms with Crippen LogP contribution in [0, 0.1) is 0 Å². The lowest BCUT2D eigenvalue weighted by molar-refractivity contribution is 1.07. The molecule has 0 aliphatic heterocycles. The van der Waals surface area contributed by atoms with Crippen LogP contribution in [0.4, 0.5) is 0 Å². The molecule has 0 bridgehead atoms. The molecule has 5 heteroatoms. The maximum atomic E-state index is 5.08. The van der Waals surface area contributed by atoms with Gasteiger partial charge in [-0.25, -0.2) is 15.0 Å². The fourth-order valence-corrected chi connectivity index (χ4v) is 8.89. The molecular weight excluding hydrogens is 731 g/mol. The van der Waals surface area contributed by atoms with E-state index in [0.717, 1.165) is 44.7 Å². The molecule has 0 saturated heterocycles. The third kappa shape index (κ3) is 5.59. The molecule has 0 aliphatic carbocycles. The predicted octanol–water partition coefficient (Wildman–Crippen LogP) is 13.9. The number of hydrogen-bond acceptors (Lipinski definition) is 3. The van der Waals surface area contributed by atoms with Crippen LogP contribution in [-0.2, 0) is 0 Å². The molecule has 12 rings (SSSR count). The first-order valence-electron chi connectivity index (χ1n) is 20.3. The van der Waals surface area contributed by atoms with Crippen molar-refractivity contribution >= 4 is 54.4 Å². The summed E-state index contributed by atoms with van der Waals surface area (Å²) >= 11 is 0. The van der Waals surface area contributed by atoms with Gasteiger partial charge in [-0.1, -0.05) is 152 Å². The second-order valence-corrected chi connectivity index (χ2v) is 15.3. The molecule has 0 radical (unpaired) electrons. The lowest BCUT2D eigenvalue weighted by Gasteiger charge is -2.12. The van der Waals surface area contributed by atoms with Crippen LogP contribution in [0.5, 0.6) is 0 Å². The fraction of sp³-hybridized carbons (Fsp3) is 0. The van der Waals surface area contributed by atoms with Crippen LogP contribution in [0.15, 0.2) is 212 Å². The van der Waals surface area contributed by atoms with Crippen molar-refractivity contribution in [2.75, 3.05) is 0 Å². The van der Waals surface area contributed by atoms with Crippen molar-refractivity contribution in [1.29, 1.82) is 0 Å². The minimum atomic E-state index is 0.624. The Morgan fingerprint density at radius 1 is 0.250 bits per heavy atom. The summed E-state index contributed by atoms with van der Waals surface area (Å²) in [7, 11) is 0. The van der Waals surface area contributed by atoms with Crippen molar-refractivity contribution in [2.45, 2.75) is 0 Å². The van der Waals surface area contributed by atoms with Gasteiger partial charge in [-0.15, -0.1) is 0 Å². The Morgan fingerprint density at radius 2 is 0.733 bits per heavy atom. The molecule has 0 amide bonds. The maximum Gasteiger partial charge on any atom is 0.164 e. The zero-order valence-corrected chi connectivity index (χ0v) is 32.4. The van der Waals surface area contributed by atoms with Gasteiger partial charge in [0.15, 0.2) is 17.5 Å². The number of fused-ring (bicyclic) bond motifs is 7. The molecule has 60 heavy (non-hydrogen) atoms. The number of rotatable bonds is 6. The maximum absolute atomic E-state index is 5.08. The van der Waals surface area contributed by atoms with E-state index in [2.05, 4.69) is 161 Å². The SMILES string of the molecule is c1ccc(-c2nc(-c3ccccc3)nc(-c3cccc(-n4c5cc(-c6ccc7c(c6)c6ccccc6n7-c6ccccc6)ccc5c5cc6ccccc6cc54)c3)n2)cc1. The third-order valence-electron chi connectivity index (χ3n) is 11.7. The molecule has 0 saturated carbocycles. The van der Waals surface area contributed by atoms with Gasteiger partial charge in [0.05, 0.1) is 22.1 Å². The second-order valence-electron chi connectivity index (χ2n) is 15.3. The van der Waals surface area contributed by atoms with Crippen LogP contribution >= 0.6 is 0 Å². The standard InChI is InChI=1S/C55H35N5/c1-4-15-36(16-5-1)53-56-54(37-17-6-2-7-18-37)58-55(57-53)42-21-14-24-44(31-42)60-51-35-41(27-29-46(51)48-32-38-19-10-11-20-39(38)34-52(48)60)40-28-30-50-47(33-40)45-25-12-13-26-49(45)59(50)43-22-8-3-9-23-43/h1-35H. The normalized spacial score (nSPS) is 11.7. The highest BCUT2D eigenvalue weighted by molar-refractivity contribution is 6.15. The van der Waals surface area contributed by atoms with Gasteiger partial charge in [-0.2, -0.15) is 0 Å². The summed E-state index contributed by atoms with van der Waals surface area (Å²) in [5, 5.41) is 7.29. The van der Waals surface area contributed by atoms with Crippen molar-refractivity contribution in [1.82, 2.24) is 24.1 Å². The van der Waals surface area contributed by atoms with E-state index in [1.807, 2.05) is 60.7 Å². The highest BCUT2D eigenvalue weighted by atomic mass is 15.0. The summed E-state index contributed by atoms with van der Waals surface area (Å²) in [4.78, 5) is 15.1. The summed E-state index contributed by atoms with van der Waals surface area (Å²) < 4.78 is 4.77. The van der Waals surface area contributed by atoms with E-state index in [4.69, 9.17) is 15.0 Å². The fourth-order valence-electron chi connectivity index (χ4n) is 8.89. The van der Waals surface area contributed by atoms with Crippen LogP contribution in [0.2, 0.25) is 0 Å². The molecule has 280 valence electrons. The summed E-state index contributed by atoms with van der Waals surface area (Å²) in [5.41, 5.74) is 12.0. The quantitative estimate of drug-likeness (QED) is 0.169. The van der Waals surface area contributed by atoms with Gasteiger partial charge >= 0.3 is 0 Å². The molecule has 0 fully saturated rings. The van der Waals surface area contributed by atoms with Crippen LogP contribution in [-0.4, -0.2) is 24.1 Å². The predicted molar refractivity (Wildman–Crippen MR) is 248 cm³/mol. The number of nitrogens with zero attached hydrogens (tertiary/aromatic N) is 5. The first-order valence-corrected chi connectivity index (χ1v) is 20.3. The van der Waals surface area contributed by atoms with E-state index < -0.39 is 0 Å². The third-order valence-corrected chi connectivity index (χ3v) is 11.7. The van der Waals surface area contributed by atoms with E-state index in [1.165, 1.54) is 48.9 Å². The molecule has 9 aromatic carbocycles. The van der Waals surface area contributed by atoms with Gasteiger partial charge in [0.25, 0.3) is 0 Å². The smallest absolute Gasteiger partial charge is 0.164 e. The molecule has 5 nitrogen and oxygen atoms in total. The van der Waals surface area contributed by atoms with Crippen molar-refractivity contribution in [2.24, 2.45) is 0 Å². The number of aromatic nitrogens is 5. The molecule has 0 atom stereocenters. The zero-order chi connectivity index (χ0) is 39.6. The Morgan fingerprint density at radius 3 is 1.47 bits per heavy atom. The lowest BCUT2D eigenvalue weighted by Crippen LogP contribution is -2.01. The average Bonchev–Trinajstić information content (AvgIpc) is 3.83. The summed E-state index contributed by atoms with van der Waals surface area (Å²) in [6, 6.07) is 75.3. The summed E-state index contributed by atoms with van der Waals surface area (Å²) in [6.07, 6.45) is 0. The van der Waals surface area contributed by atoms with Gasteiger partial charge in [0.1, 0.15) is 0 Å². The van der Waals surface area contributed by atoms with Gasteiger partial charge in [-0.05, 0) is 82.6 Å². The Bertz CT molecular complexity index is 3530. The molecule has 0 spiro atoms. The summed E-state index contributed by atoms with van der Waals surface area (Å²) in [6.45, 7) is 0. The van der Waals surface area contributed by atoms with E-state index in [1.54, 1.807) is 0 Å². The van der Waals surface area contributed by atoms with Gasteiger partial charge < -0.3 is 9.13 Å². The number of hydrogen-bond donors (Lipinski definition) is 0. The first kappa shape index (κ1) is 33.9. The van der Waals surface area contributed by atoms with E-state index in [-0.39, 0.29) is 0 Å². The van der Waals surface area contributed by atoms with Gasteiger partial charge in [0, 0.05) is 49.6 Å². The highest BCUT2D eigenvalue weighted by Crippen LogP contribution is 2.40. The largest absolute Gasteiger partial charge is 0.309 e. The minimum Gasteiger partial charge on any atom is -0.309 e. The van der Waals surface area contributed by atoms with E-state index in [9.17, 15) is 0 Å². The molecule has 12 aromatic rings. The van der Waals surface area contributed by atoms with Gasteiger partial charge in [-0.3, -0.25) is 0 Å². The molecule has 0 aliphatic rings. The van der Waals surface area contributed by atoms with Gasteiger partial charge in [0.2, 0.25) is 0 Å². The summed E-state index contributed by atoms with van der Waals surface area (Å²) in [5.74, 6) is 1.91. The zero-order valence-electron chi connectivity index (χ0n) is 32.4. The van der Waals surface area contributed by atoms with Crippen molar-refractivity contribution in [3.8, 4) is 56.7 Å². The van der Waals surface area contributed by atoms with Crippen LogP contribution in [0.25, 0.3) is 111 Å². The Labute approximate surface area is 346 Å². The van der Waals surface area contributed by atoms with Crippen LogP contribution < -0.4 is 0 Å². The molecular formula is C55H35N5. The number of benzene rings is 9.